The highest BCUT2D eigenvalue weighted by Gasteiger charge is 2.14. The zero-order valence-corrected chi connectivity index (χ0v) is 7.15. The third kappa shape index (κ3) is 5.73. The standard InChI is InChI=1S/C4H6INO4/c5-3(1-4(7)8)2-6(9)10/h3H,1-2H2,(H,7,8). The lowest BCUT2D eigenvalue weighted by atomic mass is 10.3. The molecule has 0 amide bonds. The molecule has 1 unspecified atom stereocenters. The first kappa shape index (κ1) is 9.60. The van der Waals surface area contributed by atoms with Gasteiger partial charge in [0.2, 0.25) is 6.54 Å². The second-order valence-electron chi connectivity index (χ2n) is 1.71. The van der Waals surface area contributed by atoms with Crippen molar-refractivity contribution >= 4 is 28.6 Å². The molecule has 0 radical (unpaired) electrons. The average molecular weight is 259 g/mol. The van der Waals surface area contributed by atoms with Gasteiger partial charge in [-0.1, -0.05) is 22.6 Å². The molecule has 1 atom stereocenters. The second-order valence-corrected chi connectivity index (χ2v) is 3.47. The molecule has 0 spiro atoms. The summed E-state index contributed by atoms with van der Waals surface area (Å²) in [5.41, 5.74) is 0. The minimum absolute atomic E-state index is 0.151. The molecule has 5 nitrogen and oxygen atoms in total. The Labute approximate surface area is 70.7 Å². The van der Waals surface area contributed by atoms with Gasteiger partial charge in [0.05, 0.1) is 10.3 Å². The molecule has 0 fully saturated rings. The SMILES string of the molecule is O=C(O)CC(I)C[N+](=O)[O-]. The Morgan fingerprint density at radius 3 is 2.60 bits per heavy atom. The van der Waals surface area contributed by atoms with E-state index in [9.17, 15) is 14.9 Å². The van der Waals surface area contributed by atoms with Crippen molar-refractivity contribution in [2.24, 2.45) is 0 Å². The lowest BCUT2D eigenvalue weighted by molar-refractivity contribution is -0.478. The monoisotopic (exact) mass is 259 g/mol. The van der Waals surface area contributed by atoms with Gasteiger partial charge < -0.3 is 5.11 Å². The van der Waals surface area contributed by atoms with Gasteiger partial charge in [0.25, 0.3) is 0 Å². The summed E-state index contributed by atoms with van der Waals surface area (Å²) in [6.45, 7) is -0.285. The highest BCUT2D eigenvalue weighted by atomic mass is 127. The molecule has 0 bridgehead atoms. The van der Waals surface area contributed by atoms with Crippen LogP contribution in [0.15, 0.2) is 0 Å². The largest absolute Gasteiger partial charge is 0.481 e. The third-order valence-corrected chi connectivity index (χ3v) is 1.58. The number of hydrogen-bond acceptors (Lipinski definition) is 3. The van der Waals surface area contributed by atoms with Gasteiger partial charge in [-0.05, 0) is 0 Å². The average Bonchev–Trinajstić information content (AvgIpc) is 1.58. The molecular formula is C4H6INO4. The first-order chi connectivity index (χ1) is 4.52. The van der Waals surface area contributed by atoms with Gasteiger partial charge in [-0.2, -0.15) is 0 Å². The molecule has 0 aromatic rings. The summed E-state index contributed by atoms with van der Waals surface area (Å²) in [5, 5.41) is 18.0. The zero-order valence-electron chi connectivity index (χ0n) is 4.99. The van der Waals surface area contributed by atoms with Crippen molar-refractivity contribution in [3.05, 3.63) is 10.1 Å². The Balaban J connectivity index is 3.53. The van der Waals surface area contributed by atoms with Crippen molar-refractivity contribution in [1.82, 2.24) is 0 Å². The first-order valence-corrected chi connectivity index (χ1v) is 3.74. The van der Waals surface area contributed by atoms with Crippen LogP contribution in [-0.2, 0) is 4.79 Å². The molecule has 58 valence electrons. The normalized spacial score (nSPS) is 12.5. The number of carbonyl (C=O) groups is 1. The van der Waals surface area contributed by atoms with Gasteiger partial charge in [0.1, 0.15) is 0 Å². The summed E-state index contributed by atoms with van der Waals surface area (Å²) in [6.07, 6.45) is -0.151. The Kier molecular flexibility index (Phi) is 4.24. The number of carboxylic acid groups (broad SMARTS) is 1. The molecule has 0 rings (SSSR count). The van der Waals surface area contributed by atoms with Crippen LogP contribution >= 0.6 is 22.6 Å². The Hall–Kier alpha value is -0.400. The molecule has 0 saturated carbocycles. The molecule has 0 aliphatic carbocycles. The molecule has 6 heteroatoms. The van der Waals surface area contributed by atoms with Crippen molar-refractivity contribution in [2.45, 2.75) is 10.3 Å². The Bertz CT molecular complexity index is 132. The summed E-state index contributed by atoms with van der Waals surface area (Å²) in [7, 11) is 0. The Morgan fingerprint density at radius 2 is 2.30 bits per heavy atom. The van der Waals surface area contributed by atoms with E-state index in [0.29, 0.717) is 0 Å². The van der Waals surface area contributed by atoms with Gasteiger partial charge >= 0.3 is 5.97 Å². The van der Waals surface area contributed by atoms with Gasteiger partial charge in [-0.3, -0.25) is 14.9 Å². The number of nitro groups is 1. The van der Waals surface area contributed by atoms with Gasteiger partial charge in [0, 0.05) is 4.92 Å². The van der Waals surface area contributed by atoms with Crippen molar-refractivity contribution in [2.75, 3.05) is 6.54 Å². The number of aliphatic carboxylic acids is 1. The molecule has 1 N–H and O–H groups in total. The number of carboxylic acids is 1. The summed E-state index contributed by atoms with van der Waals surface area (Å²) in [4.78, 5) is 19.2. The number of nitrogens with zero attached hydrogens (tertiary/aromatic N) is 1. The Morgan fingerprint density at radius 1 is 1.80 bits per heavy atom. The molecular weight excluding hydrogens is 253 g/mol. The minimum atomic E-state index is -0.999. The molecule has 0 aliphatic rings. The number of halogens is 1. The smallest absolute Gasteiger partial charge is 0.304 e. The maximum absolute atomic E-state index is 9.96. The fraction of sp³-hybridized carbons (Fsp3) is 0.750. The van der Waals surface area contributed by atoms with E-state index in [0.717, 1.165) is 0 Å². The van der Waals surface area contributed by atoms with E-state index in [2.05, 4.69) is 0 Å². The lowest BCUT2D eigenvalue weighted by Crippen LogP contribution is -2.16. The second kappa shape index (κ2) is 4.42. The van der Waals surface area contributed by atoms with E-state index in [1.54, 1.807) is 22.6 Å². The lowest BCUT2D eigenvalue weighted by Gasteiger charge is -1.98. The van der Waals surface area contributed by atoms with Gasteiger partial charge in [0.15, 0.2) is 0 Å². The highest BCUT2D eigenvalue weighted by Crippen LogP contribution is 2.05. The number of hydrogen-bond donors (Lipinski definition) is 1. The highest BCUT2D eigenvalue weighted by molar-refractivity contribution is 14.1. The predicted octanol–water partition coefficient (Wildman–Crippen LogP) is 0.541. The van der Waals surface area contributed by atoms with Crippen LogP contribution in [-0.4, -0.2) is 26.5 Å². The molecule has 0 aromatic heterocycles. The van der Waals surface area contributed by atoms with E-state index in [1.807, 2.05) is 0 Å². The minimum Gasteiger partial charge on any atom is -0.481 e. The maximum atomic E-state index is 9.96. The van der Waals surface area contributed by atoms with E-state index < -0.39 is 14.8 Å². The van der Waals surface area contributed by atoms with Gasteiger partial charge in [-0.25, -0.2) is 0 Å². The molecule has 10 heavy (non-hydrogen) atoms. The van der Waals surface area contributed by atoms with Crippen LogP contribution in [0.3, 0.4) is 0 Å². The van der Waals surface area contributed by atoms with Crippen LogP contribution in [0.4, 0.5) is 0 Å². The number of rotatable bonds is 4. The van der Waals surface area contributed by atoms with Crippen molar-refractivity contribution < 1.29 is 14.8 Å². The number of alkyl halides is 1. The summed E-state index contributed by atoms with van der Waals surface area (Å²) in [6, 6.07) is 0. The predicted molar refractivity (Wildman–Crippen MR) is 41.9 cm³/mol. The van der Waals surface area contributed by atoms with Gasteiger partial charge in [-0.15, -0.1) is 0 Å². The van der Waals surface area contributed by atoms with E-state index >= 15 is 0 Å². The fourth-order valence-electron chi connectivity index (χ4n) is 0.416. The molecule has 0 aliphatic heterocycles. The van der Waals surface area contributed by atoms with E-state index in [1.165, 1.54) is 0 Å². The zero-order chi connectivity index (χ0) is 8.15. The quantitative estimate of drug-likeness (QED) is 0.346. The molecule has 0 heterocycles. The van der Waals surface area contributed by atoms with Crippen LogP contribution in [0, 0.1) is 10.1 Å². The van der Waals surface area contributed by atoms with Crippen LogP contribution < -0.4 is 0 Å². The van der Waals surface area contributed by atoms with Crippen molar-refractivity contribution in [3.8, 4) is 0 Å². The third-order valence-electron chi connectivity index (χ3n) is 0.743. The summed E-state index contributed by atoms with van der Waals surface area (Å²) in [5.74, 6) is -0.999. The first-order valence-electron chi connectivity index (χ1n) is 2.50. The maximum Gasteiger partial charge on any atom is 0.304 e. The molecule has 0 saturated heterocycles. The topological polar surface area (TPSA) is 80.4 Å². The summed E-state index contributed by atoms with van der Waals surface area (Å²) >= 11 is 1.75. The van der Waals surface area contributed by atoms with E-state index in [-0.39, 0.29) is 13.0 Å². The van der Waals surface area contributed by atoms with Crippen LogP contribution in [0.25, 0.3) is 0 Å². The van der Waals surface area contributed by atoms with Crippen molar-refractivity contribution in [1.29, 1.82) is 0 Å². The summed E-state index contributed by atoms with van der Waals surface area (Å²) < 4.78 is -0.412. The van der Waals surface area contributed by atoms with E-state index in [4.69, 9.17) is 5.11 Å². The van der Waals surface area contributed by atoms with Crippen LogP contribution in [0.5, 0.6) is 0 Å². The van der Waals surface area contributed by atoms with Crippen molar-refractivity contribution in [3.63, 3.8) is 0 Å². The fourth-order valence-corrected chi connectivity index (χ4v) is 1.11. The van der Waals surface area contributed by atoms with Crippen LogP contribution in [0.2, 0.25) is 0 Å². The van der Waals surface area contributed by atoms with Crippen LogP contribution in [0.1, 0.15) is 6.42 Å². The molecule has 0 aromatic carbocycles.